The number of nitrogens with one attached hydrogen (secondary N) is 1. The Morgan fingerprint density at radius 1 is 1.38 bits per heavy atom. The molecule has 1 amide bonds. The van der Waals surface area contributed by atoms with Crippen molar-refractivity contribution < 1.29 is 19.2 Å². The summed E-state index contributed by atoms with van der Waals surface area (Å²) < 4.78 is 4.90. The van der Waals surface area contributed by atoms with Gasteiger partial charge in [0.25, 0.3) is 0 Å². The van der Waals surface area contributed by atoms with E-state index < -0.39 is 12.0 Å². The number of hydrogen-bond acceptors (Lipinski definition) is 5. The molecule has 7 nitrogen and oxygen atoms in total. The van der Waals surface area contributed by atoms with Crippen molar-refractivity contribution in [3.8, 4) is 0 Å². The topological polar surface area (TPSA) is 105 Å². The number of carbonyl (C=O) groups is 2. The van der Waals surface area contributed by atoms with Gasteiger partial charge in [0.05, 0.1) is 0 Å². The van der Waals surface area contributed by atoms with E-state index in [0.717, 1.165) is 0 Å². The quantitative estimate of drug-likeness (QED) is 0.793. The minimum atomic E-state index is -1.01. The molecule has 0 radical (unpaired) electrons. The first-order valence-corrected chi connectivity index (χ1v) is 6.99. The normalized spacial score (nSPS) is 13.0. The second-order valence-corrected chi connectivity index (χ2v) is 6.29. The SMILES string of the molecule is Cc1noc(CCC(=O)NC(CCC(C)(C)C)C(=O)O)n1. The zero-order valence-electron chi connectivity index (χ0n) is 13.0. The lowest BCUT2D eigenvalue weighted by atomic mass is 9.88. The minimum absolute atomic E-state index is 0.0275. The number of aliphatic carboxylic acids is 1. The molecular weight excluding hydrogens is 274 g/mol. The molecule has 1 rings (SSSR count). The Bertz CT molecular complexity index is 491. The summed E-state index contributed by atoms with van der Waals surface area (Å²) in [5.41, 5.74) is 0.0275. The third kappa shape index (κ3) is 6.87. The molecule has 0 aliphatic rings. The molecule has 0 saturated heterocycles. The second kappa shape index (κ2) is 7.19. The van der Waals surface area contributed by atoms with Gasteiger partial charge < -0.3 is 14.9 Å². The summed E-state index contributed by atoms with van der Waals surface area (Å²) >= 11 is 0. The number of aromatic nitrogens is 2. The first-order chi connectivity index (χ1) is 9.67. The largest absolute Gasteiger partial charge is 0.480 e. The zero-order valence-corrected chi connectivity index (χ0v) is 13.0. The molecule has 7 heteroatoms. The van der Waals surface area contributed by atoms with Crippen molar-refractivity contribution in [2.24, 2.45) is 5.41 Å². The number of rotatable bonds is 7. The summed E-state index contributed by atoms with van der Waals surface area (Å²) in [7, 11) is 0. The van der Waals surface area contributed by atoms with Crippen LogP contribution in [0, 0.1) is 12.3 Å². The predicted octanol–water partition coefficient (Wildman–Crippen LogP) is 1.71. The molecule has 0 aliphatic carbocycles. The zero-order chi connectivity index (χ0) is 16.0. The average Bonchev–Trinajstić information content (AvgIpc) is 2.76. The summed E-state index contributed by atoms with van der Waals surface area (Å²) in [6, 6.07) is -0.860. The lowest BCUT2D eigenvalue weighted by Crippen LogP contribution is -2.41. The molecule has 0 aromatic carbocycles. The van der Waals surface area contributed by atoms with Gasteiger partial charge in [-0.3, -0.25) is 4.79 Å². The van der Waals surface area contributed by atoms with Crippen LogP contribution >= 0.6 is 0 Å². The summed E-state index contributed by atoms with van der Waals surface area (Å²) in [4.78, 5) is 27.0. The Morgan fingerprint density at radius 2 is 2.05 bits per heavy atom. The van der Waals surface area contributed by atoms with Crippen molar-refractivity contribution in [2.75, 3.05) is 0 Å². The van der Waals surface area contributed by atoms with Crippen LogP contribution in [0.1, 0.15) is 51.7 Å². The summed E-state index contributed by atoms with van der Waals surface area (Å²) in [6.07, 6.45) is 1.55. The Morgan fingerprint density at radius 3 is 2.52 bits per heavy atom. The fourth-order valence-corrected chi connectivity index (χ4v) is 1.76. The van der Waals surface area contributed by atoms with E-state index in [2.05, 4.69) is 15.5 Å². The molecule has 118 valence electrons. The third-order valence-corrected chi connectivity index (χ3v) is 2.95. The maximum Gasteiger partial charge on any atom is 0.326 e. The lowest BCUT2D eigenvalue weighted by molar-refractivity contribution is -0.142. The van der Waals surface area contributed by atoms with Gasteiger partial charge in [0.1, 0.15) is 6.04 Å². The van der Waals surface area contributed by atoms with Crippen molar-refractivity contribution in [1.29, 1.82) is 0 Å². The van der Waals surface area contributed by atoms with Gasteiger partial charge in [-0.1, -0.05) is 25.9 Å². The van der Waals surface area contributed by atoms with Crippen LogP contribution in [0.15, 0.2) is 4.52 Å². The molecule has 1 aromatic rings. The molecule has 0 spiro atoms. The smallest absolute Gasteiger partial charge is 0.326 e. The number of hydrogen-bond donors (Lipinski definition) is 2. The van der Waals surface area contributed by atoms with Crippen LogP contribution in [-0.4, -0.2) is 33.2 Å². The van der Waals surface area contributed by atoms with Crippen LogP contribution < -0.4 is 5.32 Å². The van der Waals surface area contributed by atoms with Crippen LogP contribution in [0.4, 0.5) is 0 Å². The number of amides is 1. The Hall–Kier alpha value is -1.92. The van der Waals surface area contributed by atoms with Crippen molar-refractivity contribution in [2.45, 2.75) is 59.4 Å². The highest BCUT2D eigenvalue weighted by Gasteiger charge is 2.22. The number of nitrogens with zero attached hydrogens (tertiary/aromatic N) is 2. The molecule has 1 unspecified atom stereocenters. The summed E-state index contributed by atoms with van der Waals surface area (Å²) in [6.45, 7) is 7.79. The maximum atomic E-state index is 11.8. The number of carboxylic acid groups (broad SMARTS) is 1. The van der Waals surface area contributed by atoms with Gasteiger partial charge in [-0.25, -0.2) is 4.79 Å². The van der Waals surface area contributed by atoms with E-state index in [1.54, 1.807) is 6.92 Å². The van der Waals surface area contributed by atoms with Gasteiger partial charge in [-0.2, -0.15) is 4.98 Å². The highest BCUT2D eigenvalue weighted by atomic mass is 16.5. The first-order valence-electron chi connectivity index (χ1n) is 6.99. The molecule has 0 aliphatic heterocycles. The predicted molar refractivity (Wildman–Crippen MR) is 75.6 cm³/mol. The highest BCUT2D eigenvalue weighted by Crippen LogP contribution is 2.21. The minimum Gasteiger partial charge on any atom is -0.480 e. The van der Waals surface area contributed by atoms with E-state index >= 15 is 0 Å². The van der Waals surface area contributed by atoms with Crippen molar-refractivity contribution in [1.82, 2.24) is 15.5 Å². The fraction of sp³-hybridized carbons (Fsp3) is 0.714. The molecule has 0 saturated carbocycles. The number of aryl methyl sites for hydroxylation is 2. The van der Waals surface area contributed by atoms with E-state index in [-0.39, 0.29) is 17.7 Å². The molecule has 1 aromatic heterocycles. The number of carbonyl (C=O) groups excluding carboxylic acids is 1. The van der Waals surface area contributed by atoms with Gasteiger partial charge in [0.15, 0.2) is 5.82 Å². The third-order valence-electron chi connectivity index (χ3n) is 2.95. The molecule has 1 heterocycles. The molecule has 0 bridgehead atoms. The molecule has 21 heavy (non-hydrogen) atoms. The Balaban J connectivity index is 2.43. The van der Waals surface area contributed by atoms with Gasteiger partial charge in [-0.05, 0) is 25.2 Å². The van der Waals surface area contributed by atoms with Gasteiger partial charge in [0, 0.05) is 12.8 Å². The Kier molecular flexibility index (Phi) is 5.87. The van der Waals surface area contributed by atoms with Crippen LogP contribution in [0.2, 0.25) is 0 Å². The van der Waals surface area contributed by atoms with Crippen LogP contribution in [0.3, 0.4) is 0 Å². The van der Waals surface area contributed by atoms with Crippen LogP contribution in [0.5, 0.6) is 0 Å². The van der Waals surface area contributed by atoms with E-state index in [1.165, 1.54) is 0 Å². The summed E-state index contributed by atoms with van der Waals surface area (Å²) in [5.74, 6) is -0.448. The van der Waals surface area contributed by atoms with Crippen molar-refractivity contribution in [3.05, 3.63) is 11.7 Å². The van der Waals surface area contributed by atoms with Gasteiger partial charge in [0.2, 0.25) is 11.8 Å². The average molecular weight is 297 g/mol. The first kappa shape index (κ1) is 17.1. The standard InChI is InChI=1S/C14H23N3O4/c1-9-15-12(21-17-9)6-5-11(18)16-10(13(19)20)7-8-14(2,3)4/h10H,5-8H2,1-4H3,(H,16,18)(H,19,20). The van der Waals surface area contributed by atoms with Gasteiger partial charge >= 0.3 is 5.97 Å². The van der Waals surface area contributed by atoms with Gasteiger partial charge in [-0.15, -0.1) is 0 Å². The van der Waals surface area contributed by atoms with Crippen LogP contribution in [-0.2, 0) is 16.0 Å². The van der Waals surface area contributed by atoms with E-state index in [9.17, 15) is 9.59 Å². The van der Waals surface area contributed by atoms with Crippen LogP contribution in [0.25, 0.3) is 0 Å². The van der Waals surface area contributed by atoms with Crippen molar-refractivity contribution in [3.63, 3.8) is 0 Å². The fourth-order valence-electron chi connectivity index (χ4n) is 1.76. The maximum absolute atomic E-state index is 11.8. The lowest BCUT2D eigenvalue weighted by Gasteiger charge is -2.21. The summed E-state index contributed by atoms with van der Waals surface area (Å²) in [5, 5.41) is 15.3. The second-order valence-electron chi connectivity index (χ2n) is 6.29. The molecule has 2 N–H and O–H groups in total. The Labute approximate surface area is 124 Å². The van der Waals surface area contributed by atoms with E-state index in [0.29, 0.717) is 31.0 Å². The molecule has 0 fully saturated rings. The van der Waals surface area contributed by atoms with E-state index in [1.807, 2.05) is 20.8 Å². The molecular formula is C14H23N3O4. The monoisotopic (exact) mass is 297 g/mol. The highest BCUT2D eigenvalue weighted by molar-refractivity contribution is 5.83. The molecule has 1 atom stereocenters. The van der Waals surface area contributed by atoms with Crippen molar-refractivity contribution >= 4 is 11.9 Å². The van der Waals surface area contributed by atoms with E-state index in [4.69, 9.17) is 9.63 Å². The number of carboxylic acids is 1.